The SMILES string of the molecule is Cc1noc(C)c1Cn1cc(N2C(=O)C(CC3CCCC3)N[C]2=[W])cn1. The van der Waals surface area contributed by atoms with Crippen LogP contribution < -0.4 is 10.2 Å². The van der Waals surface area contributed by atoms with Crippen LogP contribution in [0.15, 0.2) is 16.9 Å². The standard InChI is InChI=1S/C18H23N5O2.W/c1-12-16(13(2)25-21-12)10-22-9-15(8-20-22)23-11-19-17(18(23)24)7-14-5-3-4-6-14;/h8-9,14,17,19H,3-7,10H2,1-2H3;. The van der Waals surface area contributed by atoms with Crippen molar-refractivity contribution in [2.75, 3.05) is 4.90 Å². The minimum absolute atomic E-state index is 0.0866. The quantitative estimate of drug-likeness (QED) is 0.648. The molecule has 7 nitrogen and oxygen atoms in total. The van der Waals surface area contributed by atoms with Crippen molar-refractivity contribution < 1.29 is 28.7 Å². The number of rotatable bonds is 5. The molecule has 1 atom stereocenters. The fourth-order valence-corrected chi connectivity index (χ4v) is 5.17. The first-order valence-electron chi connectivity index (χ1n) is 9.11. The summed E-state index contributed by atoms with van der Waals surface area (Å²) in [5.41, 5.74) is 2.74. The van der Waals surface area contributed by atoms with Crippen LogP contribution in [0.25, 0.3) is 0 Å². The van der Waals surface area contributed by atoms with Gasteiger partial charge in [-0.2, -0.15) is 0 Å². The first-order chi connectivity index (χ1) is 12.5. The molecule has 2 aromatic heterocycles. The molecule has 1 aliphatic heterocycles. The Morgan fingerprint density at radius 2 is 2.12 bits per heavy atom. The Morgan fingerprint density at radius 3 is 2.81 bits per heavy atom. The van der Waals surface area contributed by atoms with Crippen LogP contribution in [0, 0.1) is 19.8 Å². The van der Waals surface area contributed by atoms with Crippen molar-refractivity contribution in [3.63, 3.8) is 0 Å². The summed E-state index contributed by atoms with van der Waals surface area (Å²) in [4.78, 5) is 14.7. The zero-order valence-electron chi connectivity index (χ0n) is 15.1. The molecule has 1 amide bonds. The summed E-state index contributed by atoms with van der Waals surface area (Å²) in [5, 5.41) is 11.8. The maximum atomic E-state index is 12.9. The molecule has 2 aliphatic rings. The van der Waals surface area contributed by atoms with E-state index < -0.39 is 0 Å². The molecular weight excluding hydrogens is 502 g/mol. The molecule has 2 aromatic rings. The number of carbonyl (C=O) groups is 1. The monoisotopic (exact) mass is 525 g/mol. The summed E-state index contributed by atoms with van der Waals surface area (Å²) < 4.78 is 8.02. The number of anilines is 1. The average Bonchev–Trinajstić information content (AvgIpc) is 3.37. The zero-order valence-corrected chi connectivity index (χ0v) is 18.0. The fourth-order valence-electron chi connectivity index (χ4n) is 3.96. The van der Waals surface area contributed by atoms with Gasteiger partial charge < -0.3 is 0 Å². The molecule has 1 N–H and O–H groups in total. The summed E-state index contributed by atoms with van der Waals surface area (Å²) >= 11 is 1.26. The van der Waals surface area contributed by atoms with E-state index in [1.165, 1.54) is 45.0 Å². The van der Waals surface area contributed by atoms with Gasteiger partial charge in [0.2, 0.25) is 0 Å². The van der Waals surface area contributed by atoms with Gasteiger partial charge in [0.15, 0.2) is 0 Å². The topological polar surface area (TPSA) is 76.2 Å². The van der Waals surface area contributed by atoms with Crippen LogP contribution in [0.3, 0.4) is 0 Å². The average molecular weight is 525 g/mol. The van der Waals surface area contributed by atoms with Crippen LogP contribution in [0.5, 0.6) is 0 Å². The third-order valence-corrected chi connectivity index (χ3v) is 6.52. The molecule has 3 heterocycles. The van der Waals surface area contributed by atoms with Crippen LogP contribution in [0.4, 0.5) is 5.69 Å². The molecule has 1 saturated carbocycles. The van der Waals surface area contributed by atoms with E-state index in [4.69, 9.17) is 4.52 Å². The van der Waals surface area contributed by atoms with Gasteiger partial charge in [-0.3, -0.25) is 0 Å². The van der Waals surface area contributed by atoms with E-state index in [1.54, 1.807) is 11.1 Å². The molecule has 8 heteroatoms. The van der Waals surface area contributed by atoms with Gasteiger partial charge in [0.25, 0.3) is 0 Å². The normalized spacial score (nSPS) is 21.3. The fraction of sp³-hybridized carbons (Fsp3) is 0.556. The number of hydrogen-bond acceptors (Lipinski definition) is 5. The maximum absolute atomic E-state index is 12.9. The number of aromatic nitrogens is 3. The molecule has 4 rings (SSSR count). The molecule has 0 aromatic carbocycles. The van der Waals surface area contributed by atoms with Crippen LogP contribution in [0.2, 0.25) is 0 Å². The van der Waals surface area contributed by atoms with Crippen molar-refractivity contribution in [2.24, 2.45) is 5.92 Å². The summed E-state index contributed by atoms with van der Waals surface area (Å²) in [6.45, 7) is 4.43. The first kappa shape index (κ1) is 17.8. The Bertz CT molecular complexity index is 817. The van der Waals surface area contributed by atoms with Crippen molar-refractivity contribution in [3.05, 3.63) is 29.4 Å². The zero-order chi connectivity index (χ0) is 18.3. The second kappa shape index (κ2) is 7.20. The number of hydrogen-bond donors (Lipinski definition) is 1. The van der Waals surface area contributed by atoms with E-state index in [-0.39, 0.29) is 11.9 Å². The number of aryl methyl sites for hydroxylation is 2. The van der Waals surface area contributed by atoms with Gasteiger partial charge in [-0.05, 0) is 0 Å². The molecule has 1 saturated heterocycles. The Morgan fingerprint density at radius 1 is 1.35 bits per heavy atom. The van der Waals surface area contributed by atoms with Gasteiger partial charge in [-0.1, -0.05) is 0 Å². The molecule has 0 spiro atoms. The first-order valence-corrected chi connectivity index (χ1v) is 10.6. The van der Waals surface area contributed by atoms with E-state index in [2.05, 4.69) is 15.6 Å². The number of nitrogens with one attached hydrogen (secondary N) is 1. The van der Waals surface area contributed by atoms with Crippen LogP contribution >= 0.6 is 0 Å². The third kappa shape index (κ3) is 3.35. The molecule has 0 bridgehead atoms. The molecule has 1 aliphatic carbocycles. The van der Waals surface area contributed by atoms with Crippen molar-refractivity contribution in [2.45, 2.75) is 58.5 Å². The second-order valence-electron chi connectivity index (χ2n) is 7.26. The van der Waals surface area contributed by atoms with Gasteiger partial charge in [0.05, 0.1) is 0 Å². The summed E-state index contributed by atoms with van der Waals surface area (Å²) in [6.07, 6.45) is 9.75. The second-order valence-corrected chi connectivity index (χ2v) is 8.65. The van der Waals surface area contributed by atoms with E-state index in [9.17, 15) is 4.79 Å². The van der Waals surface area contributed by atoms with Crippen LogP contribution in [-0.4, -0.2) is 31.0 Å². The molecule has 0 radical (unpaired) electrons. The molecule has 138 valence electrons. The Hall–Kier alpha value is -1.59. The van der Waals surface area contributed by atoms with Crippen LogP contribution in [-0.2, 0) is 30.7 Å². The molecule has 1 unspecified atom stereocenters. The van der Waals surface area contributed by atoms with Crippen molar-refractivity contribution in [1.82, 2.24) is 20.3 Å². The Labute approximate surface area is 163 Å². The van der Waals surface area contributed by atoms with E-state index in [1.807, 2.05) is 24.7 Å². The summed E-state index contributed by atoms with van der Waals surface area (Å²) in [6, 6.07) is -0.0866. The summed E-state index contributed by atoms with van der Waals surface area (Å²) in [7, 11) is 0. The number of nitrogens with zero attached hydrogens (tertiary/aromatic N) is 4. The Kier molecular flexibility index (Phi) is 4.93. The van der Waals surface area contributed by atoms with E-state index >= 15 is 0 Å². The summed E-state index contributed by atoms with van der Waals surface area (Å²) in [5.74, 6) is 1.64. The molecule has 26 heavy (non-hydrogen) atoms. The van der Waals surface area contributed by atoms with Gasteiger partial charge >= 0.3 is 163 Å². The minimum atomic E-state index is -0.0866. The molecule has 2 fully saturated rings. The van der Waals surface area contributed by atoms with Crippen molar-refractivity contribution in [3.8, 4) is 0 Å². The van der Waals surface area contributed by atoms with Gasteiger partial charge in [0.1, 0.15) is 0 Å². The predicted molar refractivity (Wildman–Crippen MR) is 93.3 cm³/mol. The Balaban J connectivity index is 1.48. The van der Waals surface area contributed by atoms with Gasteiger partial charge in [0, 0.05) is 0 Å². The van der Waals surface area contributed by atoms with E-state index in [0.717, 1.165) is 33.3 Å². The predicted octanol–water partition coefficient (Wildman–Crippen LogP) is 2.06. The van der Waals surface area contributed by atoms with Gasteiger partial charge in [-0.15, -0.1) is 0 Å². The van der Waals surface area contributed by atoms with Gasteiger partial charge in [-0.25, -0.2) is 0 Å². The van der Waals surface area contributed by atoms with Crippen LogP contribution in [0.1, 0.15) is 49.1 Å². The van der Waals surface area contributed by atoms with E-state index in [0.29, 0.717) is 12.5 Å². The van der Waals surface area contributed by atoms with Crippen molar-refractivity contribution in [1.29, 1.82) is 0 Å². The number of amides is 1. The number of carbonyl (C=O) groups excluding carboxylic acids is 1. The third-order valence-electron chi connectivity index (χ3n) is 5.44. The molecular formula is C18H23N5O2W. The van der Waals surface area contributed by atoms with Crippen molar-refractivity contribution >= 4 is 15.7 Å².